The molecule has 0 radical (unpaired) electrons. The van der Waals surface area contributed by atoms with E-state index < -0.39 is 0 Å². The van der Waals surface area contributed by atoms with Crippen molar-refractivity contribution in [3.63, 3.8) is 0 Å². The van der Waals surface area contributed by atoms with E-state index in [9.17, 15) is 0 Å². The Balaban J connectivity index is 1.10. The average Bonchev–Trinajstić information content (AvgIpc) is 3.85. The Morgan fingerprint density at radius 3 is 1.59 bits per heavy atom. The van der Waals surface area contributed by atoms with Gasteiger partial charge in [0.25, 0.3) is 0 Å². The van der Waals surface area contributed by atoms with Crippen molar-refractivity contribution in [1.29, 1.82) is 0 Å². The number of para-hydroxylation sites is 1. The first-order chi connectivity index (χ1) is 29.2. The zero-order valence-corrected chi connectivity index (χ0v) is 31.9. The van der Waals surface area contributed by atoms with Crippen molar-refractivity contribution in [2.24, 2.45) is 0 Å². The number of aromatic nitrogens is 2. The molecular weight excluding hydrogens is 717 g/mol. The summed E-state index contributed by atoms with van der Waals surface area (Å²) in [6.07, 6.45) is 0. The maximum absolute atomic E-state index is 6.26. The van der Waals surface area contributed by atoms with Crippen LogP contribution in [0.1, 0.15) is 0 Å². The lowest BCUT2D eigenvalue weighted by molar-refractivity contribution is 0.669. The molecule has 2 aromatic heterocycles. The van der Waals surface area contributed by atoms with Gasteiger partial charge in [0.05, 0.1) is 11.4 Å². The summed E-state index contributed by atoms with van der Waals surface area (Å²) in [5.41, 5.74) is 18.6. The van der Waals surface area contributed by atoms with Crippen molar-refractivity contribution in [2.75, 3.05) is 0 Å². The van der Waals surface area contributed by atoms with Crippen LogP contribution in [0.3, 0.4) is 0 Å². The van der Waals surface area contributed by atoms with Crippen LogP contribution in [0.15, 0.2) is 211 Å². The number of hydrogen-bond donors (Lipinski definition) is 0. The molecule has 12 rings (SSSR count). The molecule has 11 aromatic rings. The fraction of sp³-hybridized carbons (Fsp3) is 0. The van der Waals surface area contributed by atoms with Crippen LogP contribution in [0.4, 0.5) is 0 Å². The SMILES string of the molecule is c1ccc(-c2cc(-c3cc(-c4ccc5oc6ccccc6c5c4)cc(-c4ccccc4-c4ccc5c6c(cccc46)-c4ccccc4-5)c3)nc(-c3ccccc3)n2)cc1. The molecule has 59 heavy (non-hydrogen) atoms. The van der Waals surface area contributed by atoms with Gasteiger partial charge in [-0.2, -0.15) is 0 Å². The van der Waals surface area contributed by atoms with Gasteiger partial charge in [-0.1, -0.05) is 164 Å². The summed E-state index contributed by atoms with van der Waals surface area (Å²) in [5, 5.41) is 4.78. The molecule has 3 heteroatoms. The van der Waals surface area contributed by atoms with Gasteiger partial charge in [-0.3, -0.25) is 0 Å². The van der Waals surface area contributed by atoms with E-state index in [0.29, 0.717) is 5.82 Å². The lowest BCUT2D eigenvalue weighted by Crippen LogP contribution is -1.97. The second-order valence-electron chi connectivity index (χ2n) is 15.3. The minimum absolute atomic E-state index is 0.689. The molecular formula is C56H34N2O. The van der Waals surface area contributed by atoms with E-state index in [1.165, 1.54) is 44.2 Å². The number of hydrogen-bond acceptors (Lipinski definition) is 3. The molecule has 274 valence electrons. The van der Waals surface area contributed by atoms with E-state index in [1.54, 1.807) is 0 Å². The van der Waals surface area contributed by atoms with Gasteiger partial charge in [-0.25, -0.2) is 9.97 Å². The van der Waals surface area contributed by atoms with Crippen molar-refractivity contribution in [2.45, 2.75) is 0 Å². The number of furan rings is 1. The fourth-order valence-electron chi connectivity index (χ4n) is 9.08. The summed E-state index contributed by atoms with van der Waals surface area (Å²) in [4.78, 5) is 10.4. The molecule has 3 nitrogen and oxygen atoms in total. The number of nitrogens with zero attached hydrogens (tertiary/aromatic N) is 2. The Morgan fingerprint density at radius 2 is 0.814 bits per heavy atom. The first-order valence-electron chi connectivity index (χ1n) is 20.1. The molecule has 0 spiro atoms. The molecule has 0 bridgehead atoms. The monoisotopic (exact) mass is 750 g/mol. The van der Waals surface area contributed by atoms with E-state index in [1.807, 2.05) is 36.4 Å². The van der Waals surface area contributed by atoms with Crippen molar-refractivity contribution >= 4 is 32.7 Å². The quantitative estimate of drug-likeness (QED) is 0.170. The van der Waals surface area contributed by atoms with Crippen LogP contribution >= 0.6 is 0 Å². The smallest absolute Gasteiger partial charge is 0.160 e. The van der Waals surface area contributed by atoms with E-state index >= 15 is 0 Å². The lowest BCUT2D eigenvalue weighted by Gasteiger charge is -2.17. The van der Waals surface area contributed by atoms with E-state index in [2.05, 4.69) is 170 Å². The van der Waals surface area contributed by atoms with Crippen LogP contribution in [0.25, 0.3) is 122 Å². The highest BCUT2D eigenvalue weighted by atomic mass is 16.3. The first-order valence-corrected chi connectivity index (χ1v) is 20.1. The maximum Gasteiger partial charge on any atom is 0.160 e. The van der Waals surface area contributed by atoms with Crippen molar-refractivity contribution in [3.05, 3.63) is 206 Å². The second kappa shape index (κ2) is 13.4. The van der Waals surface area contributed by atoms with Crippen LogP contribution in [-0.4, -0.2) is 9.97 Å². The van der Waals surface area contributed by atoms with Crippen LogP contribution in [0.2, 0.25) is 0 Å². The van der Waals surface area contributed by atoms with Crippen molar-refractivity contribution in [3.8, 4) is 89.5 Å². The molecule has 0 aliphatic heterocycles. The number of benzene rings is 9. The Morgan fingerprint density at radius 1 is 0.271 bits per heavy atom. The Bertz CT molecular complexity index is 3350. The molecule has 0 saturated heterocycles. The van der Waals surface area contributed by atoms with E-state index in [-0.39, 0.29) is 0 Å². The standard InChI is InChI=1S/C56H34N2O/c1-3-14-35(15-4-1)51-34-52(58-56(57-51)36-16-5-2-6-17-36)40-31-38(37-26-29-54-50(33-37)46-22-11-12-25-53(46)59-54)30-39(32-40)41-18-7-8-19-42(41)45-27-28-49-44-21-10-9-20-43(44)47-23-13-24-48(45)55(47)49/h1-34H. The number of fused-ring (bicyclic) bond motifs is 6. The maximum atomic E-state index is 6.26. The third kappa shape index (κ3) is 5.51. The summed E-state index contributed by atoms with van der Waals surface area (Å²) in [7, 11) is 0. The van der Waals surface area contributed by atoms with Gasteiger partial charge in [0.15, 0.2) is 5.82 Å². The van der Waals surface area contributed by atoms with E-state index in [0.717, 1.165) is 72.3 Å². The Kier molecular flexibility index (Phi) is 7.54. The molecule has 1 aliphatic carbocycles. The summed E-state index contributed by atoms with van der Waals surface area (Å²) in [5.74, 6) is 0.689. The van der Waals surface area contributed by atoms with Gasteiger partial charge in [0, 0.05) is 27.5 Å². The Hall–Kier alpha value is -7.88. The van der Waals surface area contributed by atoms with Crippen LogP contribution < -0.4 is 0 Å². The van der Waals surface area contributed by atoms with Crippen LogP contribution in [0, 0.1) is 0 Å². The number of rotatable bonds is 6. The molecule has 0 saturated carbocycles. The van der Waals surface area contributed by atoms with Crippen LogP contribution in [0.5, 0.6) is 0 Å². The van der Waals surface area contributed by atoms with Crippen molar-refractivity contribution < 1.29 is 4.42 Å². The summed E-state index contributed by atoms with van der Waals surface area (Å²) >= 11 is 0. The first kappa shape index (κ1) is 33.3. The largest absolute Gasteiger partial charge is 0.456 e. The molecule has 0 amide bonds. The van der Waals surface area contributed by atoms with Gasteiger partial charge in [0.2, 0.25) is 0 Å². The molecule has 0 fully saturated rings. The molecule has 0 N–H and O–H groups in total. The summed E-state index contributed by atoms with van der Waals surface area (Å²) in [6.45, 7) is 0. The third-order valence-corrected chi connectivity index (χ3v) is 11.8. The predicted octanol–water partition coefficient (Wildman–Crippen LogP) is 15.2. The minimum atomic E-state index is 0.689. The molecule has 2 heterocycles. The summed E-state index contributed by atoms with van der Waals surface area (Å²) in [6, 6.07) is 73.4. The zero-order chi connectivity index (χ0) is 38.9. The van der Waals surface area contributed by atoms with Gasteiger partial charge in [0.1, 0.15) is 11.2 Å². The molecule has 0 unspecified atom stereocenters. The normalized spacial score (nSPS) is 11.7. The minimum Gasteiger partial charge on any atom is -0.456 e. The topological polar surface area (TPSA) is 38.9 Å². The molecule has 1 aliphatic rings. The average molecular weight is 751 g/mol. The van der Waals surface area contributed by atoms with E-state index in [4.69, 9.17) is 14.4 Å². The highest BCUT2D eigenvalue weighted by Gasteiger charge is 2.23. The van der Waals surface area contributed by atoms with Gasteiger partial charge in [-0.15, -0.1) is 0 Å². The second-order valence-corrected chi connectivity index (χ2v) is 15.3. The van der Waals surface area contributed by atoms with Gasteiger partial charge >= 0.3 is 0 Å². The van der Waals surface area contributed by atoms with Gasteiger partial charge < -0.3 is 4.42 Å². The Labute approximate surface area is 341 Å². The molecule has 0 atom stereocenters. The highest BCUT2D eigenvalue weighted by molar-refractivity contribution is 6.19. The lowest BCUT2D eigenvalue weighted by atomic mass is 9.87. The zero-order valence-electron chi connectivity index (χ0n) is 31.9. The highest BCUT2D eigenvalue weighted by Crippen LogP contribution is 2.50. The predicted molar refractivity (Wildman–Crippen MR) is 244 cm³/mol. The fourth-order valence-corrected chi connectivity index (χ4v) is 9.08. The molecule has 9 aromatic carbocycles. The van der Waals surface area contributed by atoms with Crippen LogP contribution in [-0.2, 0) is 0 Å². The summed E-state index contributed by atoms with van der Waals surface area (Å²) < 4.78 is 6.26. The third-order valence-electron chi connectivity index (χ3n) is 11.8. The van der Waals surface area contributed by atoms with Gasteiger partial charge in [-0.05, 0) is 109 Å². The van der Waals surface area contributed by atoms with Crippen molar-refractivity contribution in [1.82, 2.24) is 9.97 Å².